The van der Waals surface area contributed by atoms with Crippen molar-refractivity contribution in [3.8, 4) is 39.2 Å². The third kappa shape index (κ3) is 4.44. The normalized spacial score (nSPS) is 10.8. The molecule has 160 valence electrons. The highest BCUT2D eigenvalue weighted by atomic mass is 32.2. The first-order valence-electron chi connectivity index (χ1n) is 9.27. The number of rotatable bonds is 8. The number of nitrogens with two attached hydrogens (primary N) is 1. The van der Waals surface area contributed by atoms with E-state index in [-0.39, 0.29) is 0 Å². The molecule has 0 bridgehead atoms. The summed E-state index contributed by atoms with van der Waals surface area (Å²) in [6, 6.07) is 13.3. The van der Waals surface area contributed by atoms with Gasteiger partial charge in [-0.25, -0.2) is 9.66 Å². The maximum atomic E-state index is 6.22. The number of nitrogen functional groups attached to an aromatic ring is 1. The van der Waals surface area contributed by atoms with Crippen LogP contribution in [0.4, 0.5) is 0 Å². The van der Waals surface area contributed by atoms with Crippen molar-refractivity contribution < 1.29 is 14.2 Å². The number of thiazole rings is 1. The zero-order valence-corrected chi connectivity index (χ0v) is 18.9. The van der Waals surface area contributed by atoms with Crippen molar-refractivity contribution in [1.29, 1.82) is 0 Å². The van der Waals surface area contributed by atoms with Crippen LogP contribution in [0, 0.1) is 0 Å². The van der Waals surface area contributed by atoms with Crippen molar-refractivity contribution in [2.75, 3.05) is 27.2 Å². The van der Waals surface area contributed by atoms with Crippen LogP contribution in [-0.4, -0.2) is 41.2 Å². The van der Waals surface area contributed by atoms with E-state index in [2.05, 4.69) is 10.2 Å². The topological polar surface area (TPSA) is 97.3 Å². The molecule has 4 aromatic rings. The highest BCUT2D eigenvalue weighted by molar-refractivity contribution is 7.98. The highest BCUT2D eigenvalue weighted by Gasteiger charge is 2.14. The van der Waals surface area contributed by atoms with Gasteiger partial charge in [0.2, 0.25) is 5.16 Å². The second-order valence-electron chi connectivity index (χ2n) is 6.41. The Bertz CT molecular complexity index is 1170. The lowest BCUT2D eigenvalue weighted by Crippen LogP contribution is -2.11. The summed E-state index contributed by atoms with van der Waals surface area (Å²) in [5.41, 5.74) is 2.78. The van der Waals surface area contributed by atoms with E-state index in [1.165, 1.54) is 16.4 Å². The summed E-state index contributed by atoms with van der Waals surface area (Å²) >= 11 is 3.06. The van der Waals surface area contributed by atoms with Crippen LogP contribution in [-0.2, 0) is 5.75 Å². The van der Waals surface area contributed by atoms with Crippen LogP contribution in [0.25, 0.3) is 22.0 Å². The molecule has 0 fully saturated rings. The Balaban J connectivity index is 1.46. The fourth-order valence-electron chi connectivity index (χ4n) is 2.93. The maximum absolute atomic E-state index is 6.22. The molecule has 0 aliphatic carbocycles. The molecule has 2 aromatic heterocycles. The van der Waals surface area contributed by atoms with Gasteiger partial charge in [0.25, 0.3) is 0 Å². The summed E-state index contributed by atoms with van der Waals surface area (Å²) in [6.45, 7) is 0. The minimum Gasteiger partial charge on any atom is -0.497 e. The van der Waals surface area contributed by atoms with Crippen molar-refractivity contribution in [3.63, 3.8) is 0 Å². The molecule has 0 aliphatic rings. The Morgan fingerprint density at radius 2 is 1.68 bits per heavy atom. The predicted molar refractivity (Wildman–Crippen MR) is 122 cm³/mol. The molecule has 0 unspecified atom stereocenters. The molecule has 0 aliphatic heterocycles. The van der Waals surface area contributed by atoms with E-state index in [0.29, 0.717) is 28.2 Å². The fraction of sp³-hybridized carbons (Fsp3) is 0.190. The molecule has 2 N–H and O–H groups in total. The molecule has 0 amide bonds. The molecule has 31 heavy (non-hydrogen) atoms. The summed E-state index contributed by atoms with van der Waals surface area (Å²) < 4.78 is 17.4. The largest absolute Gasteiger partial charge is 0.497 e. The molecular formula is C21H21N5O3S2. The number of nitrogens with zero attached hydrogens (tertiary/aromatic N) is 4. The Kier molecular flexibility index (Phi) is 6.28. The summed E-state index contributed by atoms with van der Waals surface area (Å²) in [7, 11) is 4.87. The molecule has 2 aromatic carbocycles. The quantitative estimate of drug-likeness (QED) is 0.313. The second kappa shape index (κ2) is 9.27. The lowest BCUT2D eigenvalue weighted by atomic mass is 10.2. The Labute approximate surface area is 188 Å². The highest BCUT2D eigenvalue weighted by Crippen LogP contribution is 2.34. The van der Waals surface area contributed by atoms with Gasteiger partial charge in [-0.3, -0.25) is 0 Å². The molecular weight excluding hydrogens is 434 g/mol. The lowest BCUT2D eigenvalue weighted by Gasteiger charge is -2.08. The first-order chi connectivity index (χ1) is 15.1. The van der Waals surface area contributed by atoms with E-state index in [4.69, 9.17) is 25.0 Å². The van der Waals surface area contributed by atoms with Crippen LogP contribution in [0.3, 0.4) is 0 Å². The number of thioether (sulfide) groups is 1. The average Bonchev–Trinajstić information content (AvgIpc) is 3.44. The van der Waals surface area contributed by atoms with Gasteiger partial charge < -0.3 is 20.1 Å². The third-order valence-corrected chi connectivity index (χ3v) is 6.46. The van der Waals surface area contributed by atoms with Crippen molar-refractivity contribution in [3.05, 3.63) is 53.5 Å². The minimum absolute atomic E-state index is 0.592. The zero-order valence-electron chi connectivity index (χ0n) is 17.2. The summed E-state index contributed by atoms with van der Waals surface area (Å²) in [5.74, 6) is 9.58. The number of methoxy groups -OCH3 is 3. The molecule has 0 spiro atoms. The number of hydrogen-bond donors (Lipinski definition) is 1. The molecule has 0 saturated carbocycles. The second-order valence-corrected chi connectivity index (χ2v) is 8.21. The molecule has 10 heteroatoms. The van der Waals surface area contributed by atoms with Crippen LogP contribution in [0.1, 0.15) is 5.69 Å². The summed E-state index contributed by atoms with van der Waals surface area (Å²) in [4.78, 5) is 4.73. The monoisotopic (exact) mass is 455 g/mol. The van der Waals surface area contributed by atoms with Crippen LogP contribution >= 0.6 is 23.1 Å². The fourth-order valence-corrected chi connectivity index (χ4v) is 4.60. The predicted octanol–water partition coefficient (Wildman–Crippen LogP) is 4.10. The van der Waals surface area contributed by atoms with Gasteiger partial charge in [-0.15, -0.1) is 21.5 Å². The maximum Gasteiger partial charge on any atom is 0.210 e. The van der Waals surface area contributed by atoms with E-state index in [1.807, 2.05) is 47.8 Å². The smallest absolute Gasteiger partial charge is 0.210 e. The first-order valence-corrected chi connectivity index (χ1v) is 11.1. The number of hydrogen-bond acceptors (Lipinski definition) is 9. The lowest BCUT2D eigenvalue weighted by molar-refractivity contribution is 0.355. The number of ether oxygens (including phenoxy) is 3. The molecule has 2 heterocycles. The van der Waals surface area contributed by atoms with Crippen molar-refractivity contribution in [2.24, 2.45) is 0 Å². The average molecular weight is 456 g/mol. The summed E-state index contributed by atoms with van der Waals surface area (Å²) in [5, 5.41) is 12.0. The number of benzene rings is 2. The van der Waals surface area contributed by atoms with Crippen LogP contribution in [0.15, 0.2) is 53.0 Å². The van der Waals surface area contributed by atoms with E-state index < -0.39 is 0 Å². The van der Waals surface area contributed by atoms with Crippen molar-refractivity contribution in [1.82, 2.24) is 19.9 Å². The molecule has 0 saturated heterocycles. The SMILES string of the molecule is COc1ccc(-c2nnc(SCc3csc(-c4ccc(OC)c(OC)c4)n3)n2N)cc1. The summed E-state index contributed by atoms with van der Waals surface area (Å²) in [6.07, 6.45) is 0. The van der Waals surface area contributed by atoms with E-state index in [9.17, 15) is 0 Å². The zero-order chi connectivity index (χ0) is 21.8. The molecule has 0 atom stereocenters. The standard InChI is InChI=1S/C21H21N5O3S2/c1-27-16-7-4-13(5-8-16)19-24-25-21(26(19)22)31-12-15-11-30-20(23-15)14-6-9-17(28-2)18(10-14)29-3/h4-11H,12,22H2,1-3H3. The van der Waals surface area contributed by atoms with Gasteiger partial charge in [-0.2, -0.15) is 0 Å². The third-order valence-electron chi connectivity index (χ3n) is 4.54. The van der Waals surface area contributed by atoms with Gasteiger partial charge in [0.15, 0.2) is 17.3 Å². The Morgan fingerprint density at radius 3 is 2.39 bits per heavy atom. The minimum atomic E-state index is 0.592. The van der Waals surface area contributed by atoms with Crippen LogP contribution < -0.4 is 20.1 Å². The first kappa shape index (κ1) is 21.0. The molecule has 0 radical (unpaired) electrons. The van der Waals surface area contributed by atoms with Crippen molar-refractivity contribution >= 4 is 23.1 Å². The Hall–Kier alpha value is -3.24. The van der Waals surface area contributed by atoms with Crippen LogP contribution in [0.2, 0.25) is 0 Å². The molecule has 4 rings (SSSR count). The van der Waals surface area contributed by atoms with Gasteiger partial charge in [0.05, 0.1) is 27.0 Å². The van der Waals surface area contributed by atoms with Gasteiger partial charge in [0, 0.05) is 22.3 Å². The van der Waals surface area contributed by atoms with E-state index >= 15 is 0 Å². The van der Waals surface area contributed by atoms with E-state index in [1.54, 1.807) is 32.7 Å². The molecule has 8 nitrogen and oxygen atoms in total. The number of aromatic nitrogens is 4. The van der Waals surface area contributed by atoms with Gasteiger partial charge in [-0.1, -0.05) is 11.8 Å². The van der Waals surface area contributed by atoms with Gasteiger partial charge >= 0.3 is 0 Å². The van der Waals surface area contributed by atoms with Crippen LogP contribution in [0.5, 0.6) is 17.2 Å². The van der Waals surface area contributed by atoms with Crippen molar-refractivity contribution in [2.45, 2.75) is 10.9 Å². The Morgan fingerprint density at radius 1 is 0.935 bits per heavy atom. The van der Waals surface area contributed by atoms with Gasteiger partial charge in [0.1, 0.15) is 10.8 Å². The van der Waals surface area contributed by atoms with E-state index in [0.717, 1.165) is 27.6 Å². The van der Waals surface area contributed by atoms with Gasteiger partial charge in [-0.05, 0) is 42.5 Å².